The SMILES string of the molecule is COc1cc2c(OC3OC[C@@H](OC(C)=O)[C@H](OC(C)=O)[C@H]3OC(C)=O)c3c(c(-c4ccc5c(c4)OCO5)c2cc1OC)C(=O)OC3. The van der Waals surface area contributed by atoms with Crippen molar-refractivity contribution >= 4 is 34.6 Å². The standard InChI is InChI=1S/C32H30O14/c1-14(33)43-25-12-40-32(30(45-16(3)35)29(25)44-15(2)34)46-28-19-10-23(38-5)22(37-4)9-18(19)26(27-20(28)11-39-31(27)36)17-6-7-21-24(8-17)42-13-41-21/h6-10,25,29-30,32H,11-13H2,1-5H3/t25-,29+,30-,32?/m1/s1. The Morgan fingerprint density at radius 3 is 2.09 bits per heavy atom. The smallest absolute Gasteiger partial charge is 0.339 e. The molecule has 3 aliphatic heterocycles. The molecule has 46 heavy (non-hydrogen) atoms. The monoisotopic (exact) mass is 638 g/mol. The van der Waals surface area contributed by atoms with Crippen LogP contribution in [0, 0.1) is 0 Å². The number of ether oxygens (including phenoxy) is 10. The van der Waals surface area contributed by atoms with Gasteiger partial charge in [0.15, 0.2) is 35.2 Å². The van der Waals surface area contributed by atoms with Gasteiger partial charge >= 0.3 is 23.9 Å². The normalized spacial score (nSPS) is 21.2. The fraction of sp³-hybridized carbons (Fsp3) is 0.375. The average Bonchev–Trinajstić information content (AvgIpc) is 3.64. The number of carbonyl (C=O) groups is 4. The molecule has 1 fully saturated rings. The first-order valence-electron chi connectivity index (χ1n) is 14.2. The van der Waals surface area contributed by atoms with Gasteiger partial charge in [0, 0.05) is 37.3 Å². The zero-order valence-corrected chi connectivity index (χ0v) is 25.5. The highest BCUT2D eigenvalue weighted by Gasteiger charge is 2.49. The molecule has 0 spiro atoms. The first-order valence-corrected chi connectivity index (χ1v) is 14.2. The molecule has 3 heterocycles. The van der Waals surface area contributed by atoms with Crippen molar-refractivity contribution in [1.29, 1.82) is 0 Å². The summed E-state index contributed by atoms with van der Waals surface area (Å²) in [5.74, 6) is -0.746. The van der Waals surface area contributed by atoms with Crippen LogP contribution in [0.3, 0.4) is 0 Å². The third-order valence-electron chi connectivity index (χ3n) is 7.62. The largest absolute Gasteiger partial charge is 0.493 e. The van der Waals surface area contributed by atoms with Gasteiger partial charge in [-0.3, -0.25) is 14.4 Å². The number of esters is 4. The number of methoxy groups -OCH3 is 2. The van der Waals surface area contributed by atoms with E-state index in [0.717, 1.165) is 6.92 Å². The van der Waals surface area contributed by atoms with Crippen LogP contribution in [0.25, 0.3) is 21.9 Å². The van der Waals surface area contributed by atoms with Crippen molar-refractivity contribution in [2.45, 2.75) is 52.0 Å². The summed E-state index contributed by atoms with van der Waals surface area (Å²) in [4.78, 5) is 49.6. The molecule has 14 heteroatoms. The molecule has 0 amide bonds. The minimum Gasteiger partial charge on any atom is -0.493 e. The number of fused-ring (bicyclic) bond motifs is 3. The second-order valence-electron chi connectivity index (χ2n) is 10.6. The third-order valence-corrected chi connectivity index (χ3v) is 7.62. The Morgan fingerprint density at radius 1 is 0.761 bits per heavy atom. The molecule has 0 saturated carbocycles. The highest BCUT2D eigenvalue weighted by Crippen LogP contribution is 2.49. The molecule has 4 atom stereocenters. The maximum Gasteiger partial charge on any atom is 0.339 e. The number of carbonyl (C=O) groups excluding carboxylic acids is 4. The van der Waals surface area contributed by atoms with Gasteiger partial charge in [-0.05, 0) is 35.2 Å². The summed E-state index contributed by atoms with van der Waals surface area (Å²) in [6.45, 7) is 3.16. The molecule has 1 saturated heterocycles. The van der Waals surface area contributed by atoms with Crippen molar-refractivity contribution in [2.75, 3.05) is 27.6 Å². The Labute approximate surface area is 262 Å². The molecule has 0 N–H and O–H groups in total. The molecule has 3 aromatic rings. The molecule has 0 bridgehead atoms. The van der Waals surface area contributed by atoms with Gasteiger partial charge in [-0.15, -0.1) is 0 Å². The summed E-state index contributed by atoms with van der Waals surface area (Å²) in [5.41, 5.74) is 1.76. The number of hydrogen-bond donors (Lipinski definition) is 0. The van der Waals surface area contributed by atoms with Crippen molar-refractivity contribution < 1.29 is 66.5 Å². The molecule has 3 aromatic carbocycles. The second-order valence-corrected chi connectivity index (χ2v) is 10.6. The lowest BCUT2D eigenvalue weighted by atomic mass is 9.89. The number of benzene rings is 3. The lowest BCUT2D eigenvalue weighted by molar-refractivity contribution is -0.259. The number of hydrogen-bond acceptors (Lipinski definition) is 14. The lowest BCUT2D eigenvalue weighted by Gasteiger charge is -2.40. The summed E-state index contributed by atoms with van der Waals surface area (Å²) < 4.78 is 56.6. The van der Waals surface area contributed by atoms with Gasteiger partial charge in [0.1, 0.15) is 12.4 Å². The van der Waals surface area contributed by atoms with E-state index in [4.69, 9.17) is 47.4 Å². The summed E-state index contributed by atoms with van der Waals surface area (Å²) in [7, 11) is 2.96. The zero-order chi connectivity index (χ0) is 32.7. The van der Waals surface area contributed by atoms with E-state index >= 15 is 0 Å². The Morgan fingerprint density at radius 2 is 1.41 bits per heavy atom. The molecule has 3 aliphatic rings. The first-order chi connectivity index (χ1) is 22.1. The van der Waals surface area contributed by atoms with Gasteiger partial charge in [-0.1, -0.05) is 6.07 Å². The predicted octanol–water partition coefficient (Wildman–Crippen LogP) is 3.45. The Bertz CT molecular complexity index is 1750. The number of rotatable bonds is 8. The van der Waals surface area contributed by atoms with E-state index < -0.39 is 48.5 Å². The summed E-state index contributed by atoms with van der Waals surface area (Å²) >= 11 is 0. The van der Waals surface area contributed by atoms with Gasteiger partial charge in [-0.2, -0.15) is 0 Å². The highest BCUT2D eigenvalue weighted by molar-refractivity contribution is 6.14. The van der Waals surface area contributed by atoms with Gasteiger partial charge in [0.25, 0.3) is 0 Å². The van der Waals surface area contributed by atoms with Gasteiger partial charge in [-0.25, -0.2) is 4.79 Å². The van der Waals surface area contributed by atoms with E-state index in [1.54, 1.807) is 30.3 Å². The van der Waals surface area contributed by atoms with E-state index in [1.807, 2.05) is 0 Å². The Kier molecular flexibility index (Phi) is 8.21. The van der Waals surface area contributed by atoms with Crippen molar-refractivity contribution in [3.8, 4) is 39.9 Å². The van der Waals surface area contributed by atoms with Gasteiger partial charge < -0.3 is 47.4 Å². The van der Waals surface area contributed by atoms with Crippen LogP contribution in [0.1, 0.15) is 36.7 Å². The minimum absolute atomic E-state index is 0.0645. The van der Waals surface area contributed by atoms with E-state index in [0.29, 0.717) is 50.5 Å². The van der Waals surface area contributed by atoms with Crippen molar-refractivity contribution in [3.05, 3.63) is 41.5 Å². The Hall–Kier alpha value is -5.24. The fourth-order valence-corrected chi connectivity index (χ4v) is 5.82. The first kappa shape index (κ1) is 30.8. The molecule has 0 aromatic heterocycles. The maximum atomic E-state index is 13.4. The molecular weight excluding hydrogens is 608 g/mol. The van der Waals surface area contributed by atoms with Crippen molar-refractivity contribution in [1.82, 2.24) is 0 Å². The molecule has 0 aliphatic carbocycles. The highest BCUT2D eigenvalue weighted by atomic mass is 16.7. The zero-order valence-electron chi connectivity index (χ0n) is 25.5. The average molecular weight is 639 g/mol. The van der Waals surface area contributed by atoms with Gasteiger partial charge in [0.2, 0.25) is 19.2 Å². The van der Waals surface area contributed by atoms with Crippen molar-refractivity contribution in [2.24, 2.45) is 0 Å². The van der Waals surface area contributed by atoms with Crippen LogP contribution < -0.4 is 23.7 Å². The summed E-state index contributed by atoms with van der Waals surface area (Å²) in [6, 6.07) is 8.69. The molecule has 6 rings (SSSR count). The van der Waals surface area contributed by atoms with Crippen LogP contribution in [0.4, 0.5) is 0 Å². The molecule has 14 nitrogen and oxygen atoms in total. The number of cyclic esters (lactones) is 1. The third kappa shape index (κ3) is 5.55. The molecular formula is C32H30O14. The van der Waals surface area contributed by atoms with Crippen LogP contribution in [0.15, 0.2) is 30.3 Å². The quantitative estimate of drug-likeness (QED) is 0.261. The lowest BCUT2D eigenvalue weighted by Crippen LogP contribution is -2.59. The van der Waals surface area contributed by atoms with Crippen molar-refractivity contribution in [3.63, 3.8) is 0 Å². The molecule has 0 radical (unpaired) electrons. The van der Waals surface area contributed by atoms with Crippen LogP contribution in [-0.4, -0.2) is 76.1 Å². The molecule has 1 unspecified atom stereocenters. The fourth-order valence-electron chi connectivity index (χ4n) is 5.82. The van der Waals surface area contributed by atoms with E-state index in [9.17, 15) is 19.2 Å². The Balaban J connectivity index is 1.54. The summed E-state index contributed by atoms with van der Waals surface area (Å²) in [6.07, 6.45) is -5.14. The van der Waals surface area contributed by atoms with E-state index in [-0.39, 0.29) is 31.3 Å². The van der Waals surface area contributed by atoms with Crippen LogP contribution in [0.2, 0.25) is 0 Å². The topological polar surface area (TPSA) is 161 Å². The van der Waals surface area contributed by atoms with Crippen LogP contribution in [0.5, 0.6) is 28.7 Å². The maximum absolute atomic E-state index is 13.4. The van der Waals surface area contributed by atoms with E-state index in [2.05, 4.69) is 0 Å². The van der Waals surface area contributed by atoms with Crippen LogP contribution >= 0.6 is 0 Å². The van der Waals surface area contributed by atoms with Crippen LogP contribution in [-0.2, 0) is 44.7 Å². The second kappa shape index (κ2) is 12.3. The van der Waals surface area contributed by atoms with E-state index in [1.165, 1.54) is 28.1 Å². The predicted molar refractivity (Wildman–Crippen MR) is 155 cm³/mol. The minimum atomic E-state index is -1.38. The van der Waals surface area contributed by atoms with Gasteiger partial charge in [0.05, 0.1) is 26.4 Å². The molecule has 242 valence electrons. The summed E-state index contributed by atoms with van der Waals surface area (Å²) in [5, 5.41) is 0.997.